The second kappa shape index (κ2) is 6.79. The van der Waals surface area contributed by atoms with Crippen LogP contribution in [0.25, 0.3) is 0 Å². The summed E-state index contributed by atoms with van der Waals surface area (Å²) < 4.78 is 10.8. The van der Waals surface area contributed by atoms with Gasteiger partial charge in [0.1, 0.15) is 11.5 Å². The largest absolute Gasteiger partial charge is 0.496 e. The minimum atomic E-state index is 0.124. The number of rotatable bonds is 5. The van der Waals surface area contributed by atoms with Crippen molar-refractivity contribution in [3.8, 4) is 11.5 Å². The van der Waals surface area contributed by atoms with Crippen molar-refractivity contribution in [2.24, 2.45) is 0 Å². The normalized spacial score (nSPS) is 26.0. The number of hydrogen-bond donors (Lipinski definition) is 1. The summed E-state index contributed by atoms with van der Waals surface area (Å²) in [6, 6.07) is 7.11. The fourth-order valence-electron chi connectivity index (χ4n) is 3.93. The molecule has 2 heterocycles. The van der Waals surface area contributed by atoms with E-state index in [1.165, 1.54) is 12.8 Å². The molecule has 0 aromatic heterocycles. The van der Waals surface area contributed by atoms with Gasteiger partial charge in [0.25, 0.3) is 0 Å². The molecule has 1 aromatic carbocycles. The molecule has 1 amide bonds. The molecule has 5 heteroatoms. The maximum atomic E-state index is 12.8. The van der Waals surface area contributed by atoms with Crippen molar-refractivity contribution < 1.29 is 14.3 Å². The molecule has 2 bridgehead atoms. The second-order valence-electron chi connectivity index (χ2n) is 6.59. The standard InChI is InChI=1S/C18H26N2O3/c1-20(14-9-12-7-8-13(10-14)19-12)18(21)11-15-16(22-2)5-4-6-17(15)23-3/h4-6,12-14,19H,7-11H2,1-3H3. The molecule has 126 valence electrons. The molecule has 5 nitrogen and oxygen atoms in total. The molecule has 2 unspecified atom stereocenters. The van der Waals surface area contributed by atoms with Crippen molar-refractivity contribution in [3.05, 3.63) is 23.8 Å². The zero-order valence-corrected chi connectivity index (χ0v) is 14.2. The van der Waals surface area contributed by atoms with Gasteiger partial charge in [0.15, 0.2) is 0 Å². The first-order valence-corrected chi connectivity index (χ1v) is 8.34. The van der Waals surface area contributed by atoms with Crippen LogP contribution in [0.1, 0.15) is 31.2 Å². The molecule has 1 aromatic rings. The molecular weight excluding hydrogens is 292 g/mol. The average Bonchev–Trinajstić information content (AvgIpc) is 2.92. The van der Waals surface area contributed by atoms with Crippen molar-refractivity contribution in [2.75, 3.05) is 21.3 Å². The Morgan fingerprint density at radius 3 is 2.26 bits per heavy atom. The first kappa shape index (κ1) is 16.1. The predicted molar refractivity (Wildman–Crippen MR) is 89.0 cm³/mol. The van der Waals surface area contributed by atoms with E-state index in [-0.39, 0.29) is 5.91 Å². The smallest absolute Gasteiger partial charge is 0.227 e. The van der Waals surface area contributed by atoms with Gasteiger partial charge in [-0.1, -0.05) is 6.07 Å². The number of piperidine rings is 1. The highest BCUT2D eigenvalue weighted by molar-refractivity contribution is 5.80. The van der Waals surface area contributed by atoms with Crippen LogP contribution in [-0.4, -0.2) is 50.2 Å². The Morgan fingerprint density at radius 1 is 1.17 bits per heavy atom. The average molecular weight is 318 g/mol. The minimum absolute atomic E-state index is 0.124. The van der Waals surface area contributed by atoms with Gasteiger partial charge in [-0.15, -0.1) is 0 Å². The lowest BCUT2D eigenvalue weighted by Crippen LogP contribution is -2.49. The van der Waals surface area contributed by atoms with Crippen LogP contribution in [0.15, 0.2) is 18.2 Å². The number of methoxy groups -OCH3 is 2. The van der Waals surface area contributed by atoms with Crippen LogP contribution in [-0.2, 0) is 11.2 Å². The molecule has 3 rings (SSSR count). The Hall–Kier alpha value is -1.75. The van der Waals surface area contributed by atoms with Gasteiger partial charge in [0.2, 0.25) is 5.91 Å². The van der Waals surface area contributed by atoms with E-state index in [1.54, 1.807) is 14.2 Å². The molecule has 0 radical (unpaired) electrons. The Labute approximate surface area is 137 Å². The number of benzene rings is 1. The van der Waals surface area contributed by atoms with E-state index in [2.05, 4.69) is 5.32 Å². The number of carbonyl (C=O) groups is 1. The Bertz CT molecular complexity index is 541. The van der Waals surface area contributed by atoms with Crippen LogP contribution in [0, 0.1) is 0 Å². The van der Waals surface area contributed by atoms with Crippen molar-refractivity contribution in [3.63, 3.8) is 0 Å². The van der Waals surface area contributed by atoms with Gasteiger partial charge in [-0.25, -0.2) is 0 Å². The summed E-state index contributed by atoms with van der Waals surface area (Å²) in [5.41, 5.74) is 0.825. The van der Waals surface area contributed by atoms with Crippen molar-refractivity contribution in [1.29, 1.82) is 0 Å². The lowest BCUT2D eigenvalue weighted by atomic mass is 9.98. The number of nitrogens with zero attached hydrogens (tertiary/aromatic N) is 1. The molecule has 0 spiro atoms. The van der Waals surface area contributed by atoms with Crippen molar-refractivity contribution in [1.82, 2.24) is 10.2 Å². The predicted octanol–water partition coefficient (Wildman–Crippen LogP) is 1.99. The van der Waals surface area contributed by atoms with Gasteiger partial charge in [-0.2, -0.15) is 0 Å². The third-order valence-corrected chi connectivity index (χ3v) is 5.25. The topological polar surface area (TPSA) is 50.8 Å². The first-order valence-electron chi connectivity index (χ1n) is 8.34. The fourth-order valence-corrected chi connectivity index (χ4v) is 3.93. The lowest BCUT2D eigenvalue weighted by molar-refractivity contribution is -0.132. The van der Waals surface area contributed by atoms with E-state index < -0.39 is 0 Å². The number of ether oxygens (including phenoxy) is 2. The quantitative estimate of drug-likeness (QED) is 0.902. The van der Waals surface area contributed by atoms with E-state index in [4.69, 9.17) is 9.47 Å². The van der Waals surface area contributed by atoms with Gasteiger partial charge in [0, 0.05) is 30.7 Å². The molecule has 2 aliphatic rings. The third-order valence-electron chi connectivity index (χ3n) is 5.25. The Kier molecular flexibility index (Phi) is 4.76. The second-order valence-corrected chi connectivity index (χ2v) is 6.59. The molecule has 2 aliphatic heterocycles. The zero-order chi connectivity index (χ0) is 16.4. The molecule has 2 atom stereocenters. The summed E-state index contributed by atoms with van der Waals surface area (Å²) >= 11 is 0. The molecule has 0 aliphatic carbocycles. The van der Waals surface area contributed by atoms with Crippen LogP contribution in [0.5, 0.6) is 11.5 Å². The maximum absolute atomic E-state index is 12.8. The van der Waals surface area contributed by atoms with Gasteiger partial charge in [-0.05, 0) is 37.8 Å². The Balaban J connectivity index is 1.71. The molecular formula is C18H26N2O3. The van der Waals surface area contributed by atoms with Crippen LogP contribution in [0.3, 0.4) is 0 Å². The molecule has 1 N–H and O–H groups in total. The van der Waals surface area contributed by atoms with Crippen molar-refractivity contribution >= 4 is 5.91 Å². The first-order chi connectivity index (χ1) is 11.1. The van der Waals surface area contributed by atoms with Crippen LogP contribution < -0.4 is 14.8 Å². The highest BCUT2D eigenvalue weighted by atomic mass is 16.5. The molecule has 2 fully saturated rings. The summed E-state index contributed by atoms with van der Waals surface area (Å²) in [6.45, 7) is 0. The maximum Gasteiger partial charge on any atom is 0.227 e. The van der Waals surface area contributed by atoms with Crippen LogP contribution in [0.2, 0.25) is 0 Å². The monoisotopic (exact) mass is 318 g/mol. The van der Waals surface area contributed by atoms with E-state index in [0.717, 1.165) is 18.4 Å². The van der Waals surface area contributed by atoms with Crippen LogP contribution in [0.4, 0.5) is 0 Å². The Morgan fingerprint density at radius 2 is 1.74 bits per heavy atom. The van der Waals surface area contributed by atoms with Gasteiger partial charge in [-0.3, -0.25) is 4.79 Å². The van der Waals surface area contributed by atoms with E-state index in [0.29, 0.717) is 36.0 Å². The fraction of sp³-hybridized carbons (Fsp3) is 0.611. The highest BCUT2D eigenvalue weighted by Gasteiger charge is 2.36. The summed E-state index contributed by atoms with van der Waals surface area (Å²) in [7, 11) is 5.17. The SMILES string of the molecule is COc1cccc(OC)c1CC(=O)N(C)C1CC2CCC(C1)N2. The van der Waals surface area contributed by atoms with Gasteiger partial charge < -0.3 is 19.7 Å². The highest BCUT2D eigenvalue weighted by Crippen LogP contribution is 2.32. The summed E-state index contributed by atoms with van der Waals surface area (Å²) in [6.07, 6.45) is 4.90. The van der Waals surface area contributed by atoms with E-state index >= 15 is 0 Å². The van der Waals surface area contributed by atoms with Crippen molar-refractivity contribution in [2.45, 2.75) is 50.2 Å². The lowest BCUT2D eigenvalue weighted by Gasteiger charge is -2.35. The minimum Gasteiger partial charge on any atom is -0.496 e. The summed E-state index contributed by atoms with van der Waals surface area (Å²) in [5.74, 6) is 1.53. The third kappa shape index (κ3) is 3.29. The summed E-state index contributed by atoms with van der Waals surface area (Å²) in [4.78, 5) is 14.7. The molecule has 0 saturated carbocycles. The zero-order valence-electron chi connectivity index (χ0n) is 14.2. The van der Waals surface area contributed by atoms with E-state index in [1.807, 2.05) is 30.1 Å². The molecule has 23 heavy (non-hydrogen) atoms. The molecule has 2 saturated heterocycles. The number of amides is 1. The van der Waals surface area contributed by atoms with Gasteiger partial charge in [0.05, 0.1) is 20.6 Å². The van der Waals surface area contributed by atoms with Crippen LogP contribution >= 0.6 is 0 Å². The number of carbonyl (C=O) groups excluding carboxylic acids is 1. The van der Waals surface area contributed by atoms with E-state index in [9.17, 15) is 4.79 Å². The number of hydrogen-bond acceptors (Lipinski definition) is 4. The number of nitrogens with one attached hydrogen (secondary N) is 1. The number of fused-ring (bicyclic) bond motifs is 2. The summed E-state index contributed by atoms with van der Waals surface area (Å²) in [5, 5.41) is 3.62. The van der Waals surface area contributed by atoms with Gasteiger partial charge >= 0.3 is 0 Å². The number of likely N-dealkylation sites (N-methyl/N-ethyl adjacent to an activating group) is 1.